The van der Waals surface area contributed by atoms with E-state index in [0.29, 0.717) is 17.4 Å². The lowest BCUT2D eigenvalue weighted by molar-refractivity contribution is 0.391. The number of pyridine rings is 1. The molecule has 2 aromatic heterocycles. The van der Waals surface area contributed by atoms with Crippen molar-refractivity contribution < 1.29 is 4.52 Å². The molecule has 0 amide bonds. The van der Waals surface area contributed by atoms with Crippen molar-refractivity contribution in [1.29, 1.82) is 0 Å². The third kappa shape index (κ3) is 2.38. The van der Waals surface area contributed by atoms with Gasteiger partial charge in [-0.3, -0.25) is 4.98 Å². The van der Waals surface area contributed by atoms with Crippen LogP contribution in [0.5, 0.6) is 0 Å². The summed E-state index contributed by atoms with van der Waals surface area (Å²) in [5.41, 5.74) is 0.623. The van der Waals surface area contributed by atoms with Crippen LogP contribution in [0.3, 0.4) is 0 Å². The highest BCUT2D eigenvalue weighted by molar-refractivity contribution is 9.11. The molecule has 0 bridgehead atoms. The van der Waals surface area contributed by atoms with Crippen molar-refractivity contribution in [3.63, 3.8) is 0 Å². The van der Waals surface area contributed by atoms with Crippen molar-refractivity contribution in [2.24, 2.45) is 0 Å². The Kier molecular flexibility index (Phi) is 3.38. The Morgan fingerprint density at radius 1 is 1.40 bits per heavy atom. The fraction of sp³-hybridized carbons (Fsp3) is 0.125. The van der Waals surface area contributed by atoms with Gasteiger partial charge in [-0.05, 0) is 37.9 Å². The SMILES string of the molecule is ClCc1nc(-c2ncc(Br)cc2Br)no1. The fourth-order valence-electron chi connectivity index (χ4n) is 0.984. The lowest BCUT2D eigenvalue weighted by Crippen LogP contribution is -1.87. The molecule has 0 N–H and O–H groups in total. The Labute approximate surface area is 107 Å². The molecule has 0 aliphatic rings. The first-order valence-corrected chi connectivity index (χ1v) is 6.02. The minimum Gasteiger partial charge on any atom is -0.338 e. The highest BCUT2D eigenvalue weighted by Crippen LogP contribution is 2.26. The van der Waals surface area contributed by atoms with Gasteiger partial charge in [-0.2, -0.15) is 4.98 Å². The summed E-state index contributed by atoms with van der Waals surface area (Å²) in [6.45, 7) is 0. The van der Waals surface area contributed by atoms with Crippen LogP contribution >= 0.6 is 43.5 Å². The molecule has 78 valence electrons. The molecule has 0 atom stereocenters. The number of halogens is 3. The molecule has 0 aliphatic carbocycles. The van der Waals surface area contributed by atoms with Crippen molar-refractivity contribution in [1.82, 2.24) is 15.1 Å². The van der Waals surface area contributed by atoms with Crippen molar-refractivity contribution >= 4 is 43.5 Å². The molecule has 7 heteroatoms. The van der Waals surface area contributed by atoms with Crippen molar-refractivity contribution in [3.8, 4) is 11.5 Å². The molecule has 2 aromatic rings. The van der Waals surface area contributed by atoms with E-state index < -0.39 is 0 Å². The second-order valence-corrected chi connectivity index (χ2v) is 4.67. The van der Waals surface area contributed by atoms with Crippen LogP contribution in [0.1, 0.15) is 5.89 Å². The average molecular weight is 353 g/mol. The van der Waals surface area contributed by atoms with Crippen LogP contribution in [-0.4, -0.2) is 15.1 Å². The first-order valence-electron chi connectivity index (χ1n) is 3.90. The predicted octanol–water partition coefficient (Wildman–Crippen LogP) is 3.40. The number of hydrogen-bond donors (Lipinski definition) is 0. The third-order valence-corrected chi connectivity index (χ3v) is 2.87. The molecule has 15 heavy (non-hydrogen) atoms. The van der Waals surface area contributed by atoms with Crippen molar-refractivity contribution in [2.45, 2.75) is 5.88 Å². The highest BCUT2D eigenvalue weighted by atomic mass is 79.9. The molecule has 0 saturated heterocycles. The van der Waals surface area contributed by atoms with E-state index in [2.05, 4.69) is 47.0 Å². The normalized spacial score (nSPS) is 10.6. The van der Waals surface area contributed by atoms with E-state index in [-0.39, 0.29) is 5.88 Å². The molecule has 0 fully saturated rings. The summed E-state index contributed by atoms with van der Waals surface area (Å²) in [7, 11) is 0. The maximum Gasteiger partial charge on any atom is 0.241 e. The first kappa shape index (κ1) is 11.0. The minimum atomic E-state index is 0.196. The van der Waals surface area contributed by atoms with Crippen LogP contribution in [-0.2, 0) is 5.88 Å². The lowest BCUT2D eigenvalue weighted by Gasteiger charge is -1.97. The summed E-state index contributed by atoms with van der Waals surface area (Å²) in [5.74, 6) is 0.995. The van der Waals surface area contributed by atoms with Crippen LogP contribution in [0.4, 0.5) is 0 Å². The second kappa shape index (κ2) is 4.59. The summed E-state index contributed by atoms with van der Waals surface area (Å²) < 4.78 is 6.55. The minimum absolute atomic E-state index is 0.196. The number of rotatable bonds is 2. The van der Waals surface area contributed by atoms with Crippen molar-refractivity contribution in [3.05, 3.63) is 27.1 Å². The summed E-state index contributed by atoms with van der Waals surface area (Å²) >= 11 is 12.2. The van der Waals surface area contributed by atoms with Crippen LogP contribution in [0.15, 0.2) is 25.7 Å². The molecule has 0 spiro atoms. The summed E-state index contributed by atoms with van der Waals surface area (Å²) in [6.07, 6.45) is 1.66. The van der Waals surface area contributed by atoms with Gasteiger partial charge in [0.2, 0.25) is 11.7 Å². The maximum atomic E-state index is 5.56. The van der Waals surface area contributed by atoms with Crippen LogP contribution < -0.4 is 0 Å². The smallest absolute Gasteiger partial charge is 0.241 e. The van der Waals surface area contributed by atoms with E-state index in [1.165, 1.54) is 0 Å². The van der Waals surface area contributed by atoms with Gasteiger partial charge in [0, 0.05) is 15.1 Å². The zero-order valence-electron chi connectivity index (χ0n) is 7.25. The predicted molar refractivity (Wildman–Crippen MR) is 62.5 cm³/mol. The fourth-order valence-corrected chi connectivity index (χ4v) is 2.26. The molecule has 0 aromatic carbocycles. The Bertz CT molecular complexity index is 488. The van der Waals surface area contributed by atoms with Crippen LogP contribution in [0.2, 0.25) is 0 Å². The van der Waals surface area contributed by atoms with Gasteiger partial charge in [0.05, 0.1) is 0 Å². The molecule has 0 radical (unpaired) electrons. The van der Waals surface area contributed by atoms with Crippen LogP contribution in [0, 0.1) is 0 Å². The zero-order valence-corrected chi connectivity index (χ0v) is 11.2. The van der Waals surface area contributed by atoms with Crippen molar-refractivity contribution in [2.75, 3.05) is 0 Å². The first-order chi connectivity index (χ1) is 7.20. The summed E-state index contributed by atoms with van der Waals surface area (Å²) in [4.78, 5) is 8.25. The third-order valence-electron chi connectivity index (χ3n) is 1.60. The van der Waals surface area contributed by atoms with Gasteiger partial charge in [-0.25, -0.2) is 0 Å². The summed E-state index contributed by atoms with van der Waals surface area (Å²) in [6, 6.07) is 1.86. The molecule has 2 heterocycles. The standard InChI is InChI=1S/C8H4Br2ClN3O/c9-4-1-5(10)7(12-3-4)8-13-6(2-11)15-14-8/h1,3H,2H2. The summed E-state index contributed by atoms with van der Waals surface area (Å²) in [5, 5.41) is 3.77. The average Bonchev–Trinajstić information content (AvgIpc) is 2.66. The largest absolute Gasteiger partial charge is 0.338 e. The zero-order chi connectivity index (χ0) is 10.8. The molecule has 0 saturated carbocycles. The van der Waals surface area contributed by atoms with Crippen LogP contribution in [0.25, 0.3) is 11.5 Å². The molecule has 2 rings (SSSR count). The molecule has 0 aliphatic heterocycles. The number of alkyl halides is 1. The molecule has 4 nitrogen and oxygen atoms in total. The molecule has 0 unspecified atom stereocenters. The monoisotopic (exact) mass is 351 g/mol. The van der Waals surface area contributed by atoms with Gasteiger partial charge in [0.25, 0.3) is 0 Å². The van der Waals surface area contributed by atoms with Gasteiger partial charge in [-0.15, -0.1) is 11.6 Å². The van der Waals surface area contributed by atoms with E-state index >= 15 is 0 Å². The Balaban J connectivity index is 2.44. The quantitative estimate of drug-likeness (QED) is 0.777. The van der Waals surface area contributed by atoms with Gasteiger partial charge in [0.1, 0.15) is 11.6 Å². The second-order valence-electron chi connectivity index (χ2n) is 2.63. The Hall–Kier alpha value is -0.460. The Morgan fingerprint density at radius 2 is 2.20 bits per heavy atom. The van der Waals surface area contributed by atoms with Gasteiger partial charge < -0.3 is 4.52 Å². The van der Waals surface area contributed by atoms with Gasteiger partial charge >= 0.3 is 0 Å². The van der Waals surface area contributed by atoms with Gasteiger partial charge in [0.15, 0.2) is 0 Å². The molecular weight excluding hydrogens is 349 g/mol. The number of hydrogen-bond acceptors (Lipinski definition) is 4. The van der Waals surface area contributed by atoms with E-state index in [9.17, 15) is 0 Å². The highest BCUT2D eigenvalue weighted by Gasteiger charge is 2.12. The van der Waals surface area contributed by atoms with Gasteiger partial charge in [-0.1, -0.05) is 5.16 Å². The molecular formula is C8H4Br2ClN3O. The maximum absolute atomic E-state index is 5.56. The van der Waals surface area contributed by atoms with E-state index in [1.807, 2.05) is 6.07 Å². The van der Waals surface area contributed by atoms with E-state index in [0.717, 1.165) is 8.95 Å². The Morgan fingerprint density at radius 3 is 2.80 bits per heavy atom. The topological polar surface area (TPSA) is 51.8 Å². The van der Waals surface area contributed by atoms with E-state index in [4.69, 9.17) is 16.1 Å². The number of aromatic nitrogens is 3. The lowest BCUT2D eigenvalue weighted by atomic mass is 10.3. The number of nitrogens with zero attached hydrogens (tertiary/aromatic N) is 3. The van der Waals surface area contributed by atoms with E-state index in [1.54, 1.807) is 6.20 Å².